The highest BCUT2D eigenvalue weighted by atomic mass is 35.5. The average Bonchev–Trinajstić information content (AvgIpc) is 2.36. The van der Waals surface area contributed by atoms with Crippen LogP contribution in [0.5, 0.6) is 11.5 Å². The third kappa shape index (κ3) is 5.98. The van der Waals surface area contributed by atoms with Crippen molar-refractivity contribution in [2.75, 3.05) is 7.11 Å². The molecule has 122 valence electrons. The Morgan fingerprint density at radius 2 is 1.95 bits per heavy atom. The molecule has 0 fully saturated rings. The summed E-state index contributed by atoms with van der Waals surface area (Å²) in [6, 6.07) is 3.52. The zero-order chi connectivity index (χ0) is 16.9. The highest BCUT2D eigenvalue weighted by Crippen LogP contribution is 2.37. The fourth-order valence-corrected chi connectivity index (χ4v) is 2.03. The number of amides is 1. The Morgan fingerprint density at radius 1 is 1.32 bits per heavy atom. The highest BCUT2D eigenvalue weighted by molar-refractivity contribution is 6.32. The molecule has 0 aliphatic carbocycles. The lowest BCUT2D eigenvalue weighted by atomic mass is 10.1. The molecule has 0 radical (unpaired) electrons. The van der Waals surface area contributed by atoms with Gasteiger partial charge >= 0.3 is 0 Å². The van der Waals surface area contributed by atoms with E-state index in [0.29, 0.717) is 16.5 Å². The molecule has 0 aliphatic rings. The fourth-order valence-electron chi connectivity index (χ4n) is 1.77. The van der Waals surface area contributed by atoms with Gasteiger partial charge in [0.15, 0.2) is 11.5 Å². The molecule has 4 nitrogen and oxygen atoms in total. The van der Waals surface area contributed by atoms with Crippen molar-refractivity contribution in [2.24, 2.45) is 0 Å². The molecule has 0 aliphatic heterocycles. The maximum atomic E-state index is 11.8. The Morgan fingerprint density at radius 3 is 2.45 bits per heavy atom. The molecule has 1 aromatic rings. The minimum Gasteiger partial charge on any atom is -0.493 e. The molecule has 0 spiro atoms. The van der Waals surface area contributed by atoms with Gasteiger partial charge in [-0.1, -0.05) is 11.6 Å². The van der Waals surface area contributed by atoms with Gasteiger partial charge in [0, 0.05) is 11.6 Å². The van der Waals surface area contributed by atoms with E-state index in [-0.39, 0.29) is 17.6 Å². The number of nitrogens with one attached hydrogen (secondary N) is 1. The molecule has 0 atom stereocenters. The molecular formula is C17H24ClNO3. The molecule has 0 aromatic heterocycles. The van der Waals surface area contributed by atoms with Crippen LogP contribution in [-0.4, -0.2) is 24.7 Å². The van der Waals surface area contributed by atoms with Gasteiger partial charge in [0.2, 0.25) is 5.91 Å². The zero-order valence-electron chi connectivity index (χ0n) is 14.0. The van der Waals surface area contributed by atoms with Gasteiger partial charge in [0.05, 0.1) is 18.2 Å². The van der Waals surface area contributed by atoms with Gasteiger partial charge in [-0.2, -0.15) is 0 Å². The number of benzene rings is 1. The Bertz CT molecular complexity index is 560. The van der Waals surface area contributed by atoms with E-state index in [0.717, 1.165) is 5.56 Å². The van der Waals surface area contributed by atoms with Crippen LogP contribution in [0.4, 0.5) is 0 Å². The second-order valence-corrected chi connectivity index (χ2v) is 6.68. The first-order valence-electron chi connectivity index (χ1n) is 7.17. The minimum absolute atomic E-state index is 0.00893. The lowest BCUT2D eigenvalue weighted by Crippen LogP contribution is -2.39. The first kappa shape index (κ1) is 18.4. The van der Waals surface area contributed by atoms with Crippen LogP contribution in [0.15, 0.2) is 18.2 Å². The van der Waals surface area contributed by atoms with Gasteiger partial charge in [-0.3, -0.25) is 4.79 Å². The highest BCUT2D eigenvalue weighted by Gasteiger charge is 2.14. The molecule has 0 heterocycles. The topological polar surface area (TPSA) is 47.6 Å². The van der Waals surface area contributed by atoms with Crippen molar-refractivity contribution in [3.63, 3.8) is 0 Å². The number of hydrogen-bond donors (Lipinski definition) is 1. The summed E-state index contributed by atoms with van der Waals surface area (Å²) < 4.78 is 11.0. The molecule has 1 rings (SSSR count). The third-order valence-corrected chi connectivity index (χ3v) is 2.81. The van der Waals surface area contributed by atoms with E-state index in [1.54, 1.807) is 25.3 Å². The van der Waals surface area contributed by atoms with Crippen molar-refractivity contribution < 1.29 is 14.3 Å². The summed E-state index contributed by atoms with van der Waals surface area (Å²) in [7, 11) is 1.55. The van der Waals surface area contributed by atoms with E-state index in [2.05, 4.69) is 5.32 Å². The van der Waals surface area contributed by atoms with Crippen molar-refractivity contribution in [1.82, 2.24) is 5.32 Å². The Kier molecular flexibility index (Phi) is 6.30. The molecule has 5 heteroatoms. The molecular weight excluding hydrogens is 302 g/mol. The maximum absolute atomic E-state index is 11.8. The molecule has 0 saturated carbocycles. The van der Waals surface area contributed by atoms with Crippen molar-refractivity contribution in [1.29, 1.82) is 0 Å². The van der Waals surface area contributed by atoms with Crippen LogP contribution in [0.25, 0.3) is 6.08 Å². The van der Waals surface area contributed by atoms with E-state index in [1.807, 2.05) is 34.6 Å². The van der Waals surface area contributed by atoms with Crippen LogP contribution >= 0.6 is 11.6 Å². The fraction of sp³-hybridized carbons (Fsp3) is 0.471. The quantitative estimate of drug-likeness (QED) is 0.830. The third-order valence-electron chi connectivity index (χ3n) is 2.53. The second-order valence-electron chi connectivity index (χ2n) is 6.27. The zero-order valence-corrected chi connectivity index (χ0v) is 14.7. The minimum atomic E-state index is -0.272. The summed E-state index contributed by atoms with van der Waals surface area (Å²) in [5.74, 6) is 0.887. The smallest absolute Gasteiger partial charge is 0.244 e. The summed E-state index contributed by atoms with van der Waals surface area (Å²) in [5.41, 5.74) is 0.494. The van der Waals surface area contributed by atoms with Crippen LogP contribution < -0.4 is 14.8 Å². The monoisotopic (exact) mass is 325 g/mol. The molecule has 0 bridgehead atoms. The van der Waals surface area contributed by atoms with E-state index in [9.17, 15) is 4.79 Å². The predicted molar refractivity (Wildman–Crippen MR) is 90.7 cm³/mol. The Hall–Kier alpha value is -1.68. The summed E-state index contributed by atoms with van der Waals surface area (Å²) in [5, 5.41) is 3.30. The van der Waals surface area contributed by atoms with Gasteiger partial charge in [0.1, 0.15) is 0 Å². The van der Waals surface area contributed by atoms with Crippen molar-refractivity contribution in [3.05, 3.63) is 28.8 Å². The molecule has 0 unspecified atom stereocenters. The molecule has 1 amide bonds. The number of carbonyl (C=O) groups excluding carboxylic acids is 1. The van der Waals surface area contributed by atoms with E-state index in [1.165, 1.54) is 6.08 Å². The summed E-state index contributed by atoms with van der Waals surface area (Å²) in [6.45, 7) is 9.62. The number of methoxy groups -OCH3 is 1. The van der Waals surface area contributed by atoms with Gasteiger partial charge in [0.25, 0.3) is 0 Å². The number of hydrogen-bond acceptors (Lipinski definition) is 3. The molecule has 1 aromatic carbocycles. The standard InChI is InChI=1S/C17H24ClNO3/c1-11(2)22-16-13(18)9-12(10-14(16)21-6)7-8-15(20)19-17(3,4)5/h7-11H,1-6H3,(H,19,20)/b8-7+. The van der Waals surface area contributed by atoms with Crippen LogP contribution in [0.1, 0.15) is 40.2 Å². The van der Waals surface area contributed by atoms with E-state index >= 15 is 0 Å². The first-order chi connectivity index (χ1) is 10.1. The van der Waals surface area contributed by atoms with Gasteiger partial charge < -0.3 is 14.8 Å². The van der Waals surface area contributed by atoms with Crippen molar-refractivity contribution in [3.8, 4) is 11.5 Å². The Balaban J connectivity index is 2.98. The lowest BCUT2D eigenvalue weighted by Gasteiger charge is -2.19. The number of ether oxygens (including phenoxy) is 2. The van der Waals surface area contributed by atoms with Crippen LogP contribution in [0.3, 0.4) is 0 Å². The Labute approximate surface area is 137 Å². The second kappa shape index (κ2) is 7.54. The van der Waals surface area contributed by atoms with Crippen LogP contribution in [0, 0.1) is 0 Å². The number of carbonyl (C=O) groups is 1. The maximum Gasteiger partial charge on any atom is 0.244 e. The molecule has 22 heavy (non-hydrogen) atoms. The van der Waals surface area contributed by atoms with Crippen LogP contribution in [-0.2, 0) is 4.79 Å². The predicted octanol–water partition coefficient (Wildman–Crippen LogP) is 4.06. The molecule has 0 saturated heterocycles. The largest absolute Gasteiger partial charge is 0.493 e. The van der Waals surface area contributed by atoms with E-state index in [4.69, 9.17) is 21.1 Å². The number of halogens is 1. The van der Waals surface area contributed by atoms with Gasteiger partial charge in [-0.15, -0.1) is 0 Å². The normalized spacial score (nSPS) is 11.8. The average molecular weight is 326 g/mol. The summed E-state index contributed by atoms with van der Waals surface area (Å²) in [6.07, 6.45) is 3.15. The number of rotatable bonds is 5. The lowest BCUT2D eigenvalue weighted by molar-refractivity contribution is -0.117. The summed E-state index contributed by atoms with van der Waals surface area (Å²) >= 11 is 6.24. The van der Waals surface area contributed by atoms with E-state index < -0.39 is 0 Å². The first-order valence-corrected chi connectivity index (χ1v) is 7.54. The van der Waals surface area contributed by atoms with Crippen molar-refractivity contribution in [2.45, 2.75) is 46.3 Å². The SMILES string of the molecule is COc1cc(/C=C/C(=O)NC(C)(C)C)cc(Cl)c1OC(C)C. The van der Waals surface area contributed by atoms with Crippen molar-refractivity contribution >= 4 is 23.6 Å². The van der Waals surface area contributed by atoms with Gasteiger partial charge in [-0.05, 0) is 58.4 Å². The van der Waals surface area contributed by atoms with Gasteiger partial charge in [-0.25, -0.2) is 0 Å². The van der Waals surface area contributed by atoms with Crippen LogP contribution in [0.2, 0.25) is 5.02 Å². The molecule has 1 N–H and O–H groups in total. The summed E-state index contributed by atoms with van der Waals surface area (Å²) in [4.78, 5) is 11.8.